The van der Waals surface area contributed by atoms with Crippen molar-refractivity contribution in [1.82, 2.24) is 19.4 Å². The summed E-state index contributed by atoms with van der Waals surface area (Å²) in [5.41, 5.74) is 17.0. The first-order valence-electron chi connectivity index (χ1n) is 13.9. The van der Waals surface area contributed by atoms with Crippen LogP contribution in [0.25, 0.3) is 22.0 Å². The average Bonchev–Trinajstić information content (AvgIpc) is 3.31. The van der Waals surface area contributed by atoms with Gasteiger partial charge in [0.25, 0.3) is 0 Å². The third-order valence-corrected chi connectivity index (χ3v) is 7.71. The van der Waals surface area contributed by atoms with Gasteiger partial charge in [-0.25, -0.2) is 14.4 Å². The Balaban J connectivity index is 1.22. The molecule has 0 saturated carbocycles. The zero-order chi connectivity index (χ0) is 28.1. The van der Waals surface area contributed by atoms with E-state index in [2.05, 4.69) is 20.6 Å². The molecule has 0 spiro atoms. The van der Waals surface area contributed by atoms with Gasteiger partial charge in [-0.05, 0) is 61.1 Å². The van der Waals surface area contributed by atoms with E-state index < -0.39 is 0 Å². The molecule has 2 aromatic carbocycles. The van der Waals surface area contributed by atoms with E-state index in [1.165, 1.54) is 6.07 Å². The first-order valence-corrected chi connectivity index (χ1v) is 13.9. The van der Waals surface area contributed by atoms with Crippen molar-refractivity contribution in [3.63, 3.8) is 0 Å². The standard InChI is InChI=1S/C31H37FN6O2/c1-40-13-3-12-38-28(15-23-9-10-26(32)16-29(23)38)24-4-2-11-37(20-24)30(39)17-27(33)14-21-5-7-22(8-6-21)25-18-35-31(34)36-19-25/h5-10,15-16,18-19,24,27H,2-4,11-14,17,20,33H2,1H3,(H2,34,35,36)/t24?,27-/m1/s1. The average molecular weight is 545 g/mol. The molecule has 210 valence electrons. The third-order valence-electron chi connectivity index (χ3n) is 7.71. The van der Waals surface area contributed by atoms with Crippen LogP contribution in [0.3, 0.4) is 0 Å². The molecule has 0 aliphatic carbocycles. The fourth-order valence-electron chi connectivity index (χ4n) is 5.70. The summed E-state index contributed by atoms with van der Waals surface area (Å²) in [7, 11) is 1.69. The number of hydrogen-bond donors (Lipinski definition) is 2. The van der Waals surface area contributed by atoms with Gasteiger partial charge in [-0.1, -0.05) is 24.3 Å². The number of nitrogens with two attached hydrogens (primary N) is 2. The molecule has 1 aliphatic heterocycles. The highest BCUT2D eigenvalue weighted by molar-refractivity contribution is 5.82. The lowest BCUT2D eigenvalue weighted by Gasteiger charge is -2.34. The molecule has 40 heavy (non-hydrogen) atoms. The van der Waals surface area contributed by atoms with E-state index in [0.717, 1.165) is 65.6 Å². The Morgan fingerprint density at radius 3 is 2.65 bits per heavy atom. The highest BCUT2D eigenvalue weighted by Gasteiger charge is 2.28. The molecule has 9 heteroatoms. The first-order chi connectivity index (χ1) is 19.4. The van der Waals surface area contributed by atoms with Crippen LogP contribution in [-0.4, -0.2) is 58.2 Å². The molecule has 0 bridgehead atoms. The Labute approximate surface area is 234 Å². The minimum Gasteiger partial charge on any atom is -0.385 e. The molecule has 3 heterocycles. The lowest BCUT2D eigenvalue weighted by Crippen LogP contribution is -2.42. The zero-order valence-electron chi connectivity index (χ0n) is 22.9. The van der Waals surface area contributed by atoms with Gasteiger partial charge in [-0.15, -0.1) is 0 Å². The summed E-state index contributed by atoms with van der Waals surface area (Å²) in [6.07, 6.45) is 7.06. The van der Waals surface area contributed by atoms with Crippen molar-refractivity contribution >= 4 is 22.8 Å². The monoisotopic (exact) mass is 544 g/mol. The van der Waals surface area contributed by atoms with Gasteiger partial charge in [0.05, 0.1) is 5.52 Å². The molecule has 4 aromatic rings. The predicted octanol–water partition coefficient (Wildman–Crippen LogP) is 4.52. The maximum atomic E-state index is 14.1. The topological polar surface area (TPSA) is 112 Å². The number of hydrogen-bond acceptors (Lipinski definition) is 6. The summed E-state index contributed by atoms with van der Waals surface area (Å²) in [5.74, 6) is 0.280. The fraction of sp³-hybridized carbons (Fsp3) is 0.387. The Morgan fingerprint density at radius 2 is 1.90 bits per heavy atom. The second-order valence-electron chi connectivity index (χ2n) is 10.6. The predicted molar refractivity (Wildman–Crippen MR) is 155 cm³/mol. The van der Waals surface area contributed by atoms with E-state index in [1.807, 2.05) is 35.2 Å². The fourth-order valence-corrected chi connectivity index (χ4v) is 5.70. The first kappa shape index (κ1) is 27.7. The summed E-state index contributed by atoms with van der Waals surface area (Å²) in [6, 6.07) is 14.9. The lowest BCUT2D eigenvalue weighted by molar-refractivity contribution is -0.132. The maximum Gasteiger partial charge on any atom is 0.224 e. The lowest BCUT2D eigenvalue weighted by atomic mass is 9.93. The van der Waals surface area contributed by atoms with Crippen LogP contribution in [-0.2, 0) is 22.5 Å². The van der Waals surface area contributed by atoms with Crippen molar-refractivity contribution in [3.05, 3.63) is 78.0 Å². The van der Waals surface area contributed by atoms with Gasteiger partial charge in [0.1, 0.15) is 5.82 Å². The van der Waals surface area contributed by atoms with Crippen molar-refractivity contribution in [2.24, 2.45) is 5.73 Å². The number of fused-ring (bicyclic) bond motifs is 1. The number of rotatable bonds is 10. The zero-order valence-corrected chi connectivity index (χ0v) is 22.9. The summed E-state index contributed by atoms with van der Waals surface area (Å²) >= 11 is 0. The Morgan fingerprint density at radius 1 is 1.12 bits per heavy atom. The van der Waals surface area contributed by atoms with E-state index >= 15 is 0 Å². The van der Waals surface area contributed by atoms with Gasteiger partial charge in [0, 0.05) is 80.8 Å². The van der Waals surface area contributed by atoms with E-state index in [0.29, 0.717) is 26.0 Å². The minimum atomic E-state index is -0.276. The van der Waals surface area contributed by atoms with E-state index in [4.69, 9.17) is 16.2 Å². The molecule has 5 rings (SSSR count). The number of methoxy groups -OCH3 is 1. The molecule has 1 amide bonds. The third kappa shape index (κ3) is 6.48. The van der Waals surface area contributed by atoms with Crippen LogP contribution in [0, 0.1) is 5.82 Å². The molecule has 1 saturated heterocycles. The highest BCUT2D eigenvalue weighted by atomic mass is 19.1. The number of nitrogen functional groups attached to an aromatic ring is 1. The molecule has 1 fully saturated rings. The van der Waals surface area contributed by atoms with Crippen LogP contribution in [0.15, 0.2) is 60.9 Å². The van der Waals surface area contributed by atoms with E-state index in [-0.39, 0.29) is 29.6 Å². The van der Waals surface area contributed by atoms with Gasteiger partial charge >= 0.3 is 0 Å². The van der Waals surface area contributed by atoms with Crippen LogP contribution in [0.2, 0.25) is 0 Å². The van der Waals surface area contributed by atoms with E-state index in [9.17, 15) is 9.18 Å². The SMILES string of the molecule is COCCCn1c(C2CCCN(C(=O)C[C@H](N)Cc3ccc(-c4cnc(N)nc4)cc3)C2)cc2ccc(F)cc21. The molecule has 2 aromatic heterocycles. The molecule has 0 radical (unpaired) electrons. The number of aryl methyl sites for hydroxylation is 1. The number of ether oxygens (including phenoxy) is 1. The van der Waals surface area contributed by atoms with Gasteiger partial charge in [0.15, 0.2) is 0 Å². The van der Waals surface area contributed by atoms with Gasteiger partial charge < -0.3 is 25.7 Å². The number of likely N-dealkylation sites (tertiary alicyclic amines) is 1. The summed E-state index contributed by atoms with van der Waals surface area (Å²) in [5, 5.41) is 1.02. The van der Waals surface area contributed by atoms with Crippen LogP contribution < -0.4 is 11.5 Å². The second-order valence-corrected chi connectivity index (χ2v) is 10.6. The van der Waals surface area contributed by atoms with Gasteiger partial charge in [-0.2, -0.15) is 0 Å². The summed E-state index contributed by atoms with van der Waals surface area (Å²) in [6.45, 7) is 2.77. The second kappa shape index (κ2) is 12.6. The molecular formula is C31H37FN6O2. The number of anilines is 1. The number of piperidine rings is 1. The van der Waals surface area contributed by atoms with Crippen molar-refractivity contribution in [3.8, 4) is 11.1 Å². The molecule has 1 aliphatic rings. The smallest absolute Gasteiger partial charge is 0.224 e. The van der Waals surface area contributed by atoms with Crippen molar-refractivity contribution in [1.29, 1.82) is 0 Å². The summed E-state index contributed by atoms with van der Waals surface area (Å²) in [4.78, 5) is 23.4. The number of benzene rings is 2. The Kier molecular flexibility index (Phi) is 8.72. The van der Waals surface area contributed by atoms with Gasteiger partial charge in [0.2, 0.25) is 11.9 Å². The van der Waals surface area contributed by atoms with E-state index in [1.54, 1.807) is 25.6 Å². The Hall–Kier alpha value is -3.82. The molecular weight excluding hydrogens is 507 g/mol. The number of amides is 1. The number of nitrogens with zero attached hydrogens (tertiary/aromatic N) is 4. The normalized spacial score (nSPS) is 16.4. The molecule has 2 atom stereocenters. The number of carbonyl (C=O) groups is 1. The van der Waals surface area contributed by atoms with Crippen LogP contribution in [0.1, 0.15) is 42.9 Å². The molecule has 1 unspecified atom stereocenters. The van der Waals surface area contributed by atoms with Crippen molar-refractivity contribution < 1.29 is 13.9 Å². The molecule has 4 N–H and O–H groups in total. The maximum absolute atomic E-state index is 14.1. The highest BCUT2D eigenvalue weighted by Crippen LogP contribution is 2.33. The number of aromatic nitrogens is 3. The van der Waals surface area contributed by atoms with Crippen molar-refractivity contribution in [2.75, 3.05) is 32.5 Å². The van der Waals surface area contributed by atoms with Crippen LogP contribution in [0.4, 0.5) is 10.3 Å². The number of halogens is 1. The van der Waals surface area contributed by atoms with Crippen LogP contribution >= 0.6 is 0 Å². The van der Waals surface area contributed by atoms with Gasteiger partial charge in [-0.3, -0.25) is 4.79 Å². The quantitative estimate of drug-likeness (QED) is 0.284. The summed E-state index contributed by atoms with van der Waals surface area (Å²) < 4.78 is 21.6. The molecule has 8 nitrogen and oxygen atoms in total. The van der Waals surface area contributed by atoms with Crippen LogP contribution in [0.5, 0.6) is 0 Å². The van der Waals surface area contributed by atoms with Crippen molar-refractivity contribution in [2.45, 2.75) is 50.6 Å². The largest absolute Gasteiger partial charge is 0.385 e. The number of carbonyl (C=O) groups excluding carboxylic acids is 1. The minimum absolute atomic E-state index is 0.0842. The Bertz CT molecular complexity index is 1440.